The molecule has 0 aromatic heterocycles. The summed E-state index contributed by atoms with van der Waals surface area (Å²) in [7, 11) is 2.01. The van der Waals surface area contributed by atoms with E-state index in [2.05, 4.69) is 4.90 Å². The molecule has 17 heavy (non-hydrogen) atoms. The zero-order valence-electron chi connectivity index (χ0n) is 9.86. The van der Waals surface area contributed by atoms with E-state index in [1.807, 2.05) is 37.4 Å². The summed E-state index contributed by atoms with van der Waals surface area (Å²) in [6.07, 6.45) is 1.76. The third kappa shape index (κ3) is 3.21. The molecule has 2 nitrogen and oxygen atoms in total. The van der Waals surface area contributed by atoms with E-state index >= 15 is 0 Å². The summed E-state index contributed by atoms with van der Waals surface area (Å²) in [4.78, 5) is 13.7. The average Bonchev–Trinajstić information content (AvgIpc) is 2.29. The van der Waals surface area contributed by atoms with E-state index in [-0.39, 0.29) is 18.2 Å². The van der Waals surface area contributed by atoms with Gasteiger partial charge in [0.25, 0.3) is 0 Å². The molecule has 0 spiro atoms. The van der Waals surface area contributed by atoms with E-state index in [4.69, 9.17) is 11.6 Å². The molecule has 1 atom stereocenters. The fourth-order valence-corrected chi connectivity index (χ4v) is 2.70. The monoisotopic (exact) mass is 273 g/mol. The number of carbonyl (C=O) groups is 1. The van der Waals surface area contributed by atoms with Gasteiger partial charge in [0.15, 0.2) is 5.78 Å². The predicted octanol–water partition coefficient (Wildman–Crippen LogP) is 2.99. The summed E-state index contributed by atoms with van der Waals surface area (Å²) >= 11 is 6.46. The van der Waals surface area contributed by atoms with E-state index < -0.39 is 4.87 Å². The van der Waals surface area contributed by atoms with Gasteiger partial charge in [0.05, 0.1) is 0 Å². The normalized spacial score (nSPS) is 25.1. The SMILES string of the molecule is CN1CCCC(Cl)(C(=O)c2ccccc2)C1.Cl. The van der Waals surface area contributed by atoms with E-state index in [0.717, 1.165) is 19.4 Å². The largest absolute Gasteiger partial charge is 0.304 e. The molecule has 1 heterocycles. The molecule has 1 aliphatic rings. The van der Waals surface area contributed by atoms with Gasteiger partial charge in [0.2, 0.25) is 0 Å². The topological polar surface area (TPSA) is 20.3 Å². The highest BCUT2D eigenvalue weighted by Crippen LogP contribution is 2.30. The molecule has 1 unspecified atom stereocenters. The molecule has 1 aromatic carbocycles. The zero-order chi connectivity index (χ0) is 11.6. The van der Waals surface area contributed by atoms with Crippen molar-refractivity contribution in [3.63, 3.8) is 0 Å². The van der Waals surface area contributed by atoms with Crippen LogP contribution in [0.15, 0.2) is 30.3 Å². The second-order valence-corrected chi connectivity index (χ2v) is 5.23. The fraction of sp³-hybridized carbons (Fsp3) is 0.462. The standard InChI is InChI=1S/C13H16ClNO.ClH/c1-15-9-5-8-13(14,10-15)12(16)11-6-3-2-4-7-11;/h2-4,6-7H,5,8-10H2,1H3;1H. The van der Waals surface area contributed by atoms with Gasteiger partial charge >= 0.3 is 0 Å². The number of rotatable bonds is 2. The first kappa shape index (κ1) is 14.5. The van der Waals surface area contributed by atoms with Gasteiger partial charge in [-0.25, -0.2) is 0 Å². The summed E-state index contributed by atoms with van der Waals surface area (Å²) in [6.45, 7) is 1.67. The van der Waals surface area contributed by atoms with Crippen LogP contribution in [0, 0.1) is 0 Å². The van der Waals surface area contributed by atoms with Crippen molar-refractivity contribution < 1.29 is 4.79 Å². The Hall–Kier alpha value is -0.570. The number of likely N-dealkylation sites (tertiary alicyclic amines) is 1. The number of piperidine rings is 1. The molecule has 1 aromatic rings. The number of hydrogen-bond donors (Lipinski definition) is 0. The van der Waals surface area contributed by atoms with E-state index in [1.54, 1.807) is 0 Å². The number of ketones is 1. The first-order valence-corrected chi connectivity index (χ1v) is 5.97. The lowest BCUT2D eigenvalue weighted by molar-refractivity contribution is 0.0875. The summed E-state index contributed by atoms with van der Waals surface area (Å²) in [5.41, 5.74) is 0.716. The van der Waals surface area contributed by atoms with Crippen LogP contribution in [0.5, 0.6) is 0 Å². The molecule has 1 aliphatic heterocycles. The lowest BCUT2D eigenvalue weighted by atomic mass is 9.89. The van der Waals surface area contributed by atoms with Crippen LogP contribution in [-0.4, -0.2) is 35.7 Å². The second-order valence-electron chi connectivity index (χ2n) is 4.50. The highest BCUT2D eigenvalue weighted by molar-refractivity contribution is 6.38. The van der Waals surface area contributed by atoms with Gasteiger partial charge in [-0.2, -0.15) is 0 Å². The molecule has 1 fully saturated rings. The fourth-order valence-electron chi connectivity index (χ4n) is 2.25. The van der Waals surface area contributed by atoms with Crippen molar-refractivity contribution in [3.05, 3.63) is 35.9 Å². The van der Waals surface area contributed by atoms with Gasteiger partial charge in [-0.3, -0.25) is 4.79 Å². The smallest absolute Gasteiger partial charge is 0.185 e. The van der Waals surface area contributed by atoms with E-state index in [0.29, 0.717) is 12.1 Å². The van der Waals surface area contributed by atoms with Crippen LogP contribution < -0.4 is 0 Å². The molecule has 0 aliphatic carbocycles. The molecule has 0 bridgehead atoms. The lowest BCUT2D eigenvalue weighted by Crippen LogP contribution is -2.47. The minimum atomic E-state index is -0.728. The quantitative estimate of drug-likeness (QED) is 0.610. The number of carbonyl (C=O) groups excluding carboxylic acids is 1. The van der Waals surface area contributed by atoms with Crippen LogP contribution in [0.25, 0.3) is 0 Å². The molecule has 1 saturated heterocycles. The zero-order valence-corrected chi connectivity index (χ0v) is 11.4. The first-order chi connectivity index (χ1) is 7.62. The van der Waals surface area contributed by atoms with Crippen LogP contribution in [0.4, 0.5) is 0 Å². The van der Waals surface area contributed by atoms with Crippen LogP contribution in [0.1, 0.15) is 23.2 Å². The van der Waals surface area contributed by atoms with Crippen LogP contribution in [0.3, 0.4) is 0 Å². The van der Waals surface area contributed by atoms with Gasteiger partial charge in [-0.15, -0.1) is 24.0 Å². The van der Waals surface area contributed by atoms with Gasteiger partial charge in [-0.05, 0) is 26.4 Å². The van der Waals surface area contributed by atoms with Crippen LogP contribution >= 0.6 is 24.0 Å². The third-order valence-electron chi connectivity index (χ3n) is 3.08. The first-order valence-electron chi connectivity index (χ1n) is 5.59. The van der Waals surface area contributed by atoms with Crippen molar-refractivity contribution in [3.8, 4) is 0 Å². The number of hydrogen-bond acceptors (Lipinski definition) is 2. The molecule has 2 rings (SSSR count). The summed E-state index contributed by atoms with van der Waals surface area (Å²) in [6, 6.07) is 9.33. The second kappa shape index (κ2) is 5.85. The third-order valence-corrected chi connectivity index (χ3v) is 3.56. The minimum absolute atomic E-state index is 0. The lowest BCUT2D eigenvalue weighted by Gasteiger charge is -2.35. The Bertz CT molecular complexity index is 382. The molecule has 0 radical (unpaired) electrons. The van der Waals surface area contributed by atoms with Gasteiger partial charge < -0.3 is 4.90 Å². The number of Topliss-reactive ketones (excluding diaryl/α,β-unsaturated/α-hetero) is 1. The van der Waals surface area contributed by atoms with Crippen LogP contribution in [0.2, 0.25) is 0 Å². The van der Waals surface area contributed by atoms with Crippen LogP contribution in [-0.2, 0) is 0 Å². The van der Waals surface area contributed by atoms with Gasteiger partial charge in [-0.1, -0.05) is 30.3 Å². The molecule has 94 valence electrons. The molecule has 0 saturated carbocycles. The number of benzene rings is 1. The van der Waals surface area contributed by atoms with Crippen molar-refractivity contribution in [1.29, 1.82) is 0 Å². The Morgan fingerprint density at radius 3 is 2.59 bits per heavy atom. The van der Waals surface area contributed by atoms with Crippen molar-refractivity contribution in [2.45, 2.75) is 17.7 Å². The number of alkyl halides is 1. The molecular weight excluding hydrogens is 257 g/mol. The Labute approximate surface area is 113 Å². The molecule has 4 heteroatoms. The Morgan fingerprint density at radius 2 is 2.00 bits per heavy atom. The minimum Gasteiger partial charge on any atom is -0.304 e. The average molecular weight is 274 g/mol. The number of halogens is 2. The Balaban J connectivity index is 0.00000144. The summed E-state index contributed by atoms with van der Waals surface area (Å²) < 4.78 is 0. The van der Waals surface area contributed by atoms with E-state index in [1.165, 1.54) is 0 Å². The maximum atomic E-state index is 12.3. The molecular formula is C13H17Cl2NO. The van der Waals surface area contributed by atoms with Gasteiger partial charge in [0, 0.05) is 12.1 Å². The van der Waals surface area contributed by atoms with Crippen molar-refractivity contribution in [2.75, 3.05) is 20.1 Å². The van der Waals surface area contributed by atoms with Crippen molar-refractivity contribution in [2.24, 2.45) is 0 Å². The van der Waals surface area contributed by atoms with Crippen molar-refractivity contribution in [1.82, 2.24) is 4.90 Å². The maximum absolute atomic E-state index is 12.3. The summed E-state index contributed by atoms with van der Waals surface area (Å²) in [5, 5.41) is 0. The number of nitrogens with zero attached hydrogens (tertiary/aromatic N) is 1. The van der Waals surface area contributed by atoms with E-state index in [9.17, 15) is 4.79 Å². The molecule has 0 N–H and O–H groups in total. The highest BCUT2D eigenvalue weighted by Gasteiger charge is 2.39. The Kier molecular flexibility index (Phi) is 4.99. The van der Waals surface area contributed by atoms with Crippen molar-refractivity contribution >= 4 is 29.8 Å². The predicted molar refractivity (Wildman–Crippen MR) is 73.3 cm³/mol. The van der Waals surface area contributed by atoms with Gasteiger partial charge in [0.1, 0.15) is 4.87 Å². The molecule has 0 amide bonds. The Morgan fingerprint density at radius 1 is 1.35 bits per heavy atom. The maximum Gasteiger partial charge on any atom is 0.185 e. The summed E-state index contributed by atoms with van der Waals surface area (Å²) in [5.74, 6) is 0.0568. The highest BCUT2D eigenvalue weighted by atomic mass is 35.5.